The van der Waals surface area contributed by atoms with Crippen molar-refractivity contribution < 1.29 is 13.7 Å². The Labute approximate surface area is 184 Å². The van der Waals surface area contributed by atoms with Gasteiger partial charge < -0.3 is 9.84 Å². The van der Waals surface area contributed by atoms with Crippen molar-refractivity contribution in [3.63, 3.8) is 0 Å². The maximum atomic E-state index is 13.1. The van der Waals surface area contributed by atoms with E-state index in [0.717, 1.165) is 5.56 Å². The van der Waals surface area contributed by atoms with Crippen molar-refractivity contribution in [2.24, 2.45) is 0 Å². The van der Waals surface area contributed by atoms with E-state index in [1.165, 1.54) is 18.5 Å². The molecule has 0 saturated carbocycles. The summed E-state index contributed by atoms with van der Waals surface area (Å²) in [5.41, 5.74) is 1.53. The molecule has 4 rings (SSSR count). The van der Waals surface area contributed by atoms with Crippen molar-refractivity contribution in [2.45, 2.75) is 39.2 Å². The summed E-state index contributed by atoms with van der Waals surface area (Å²) >= 11 is 0. The zero-order valence-electron chi connectivity index (χ0n) is 18.2. The van der Waals surface area contributed by atoms with Crippen LogP contribution in [-0.2, 0) is 5.41 Å². The second kappa shape index (κ2) is 8.33. The Morgan fingerprint density at radius 3 is 2.50 bits per heavy atom. The number of nitrogens with zero attached hydrogens (tertiary/aromatic N) is 5. The van der Waals surface area contributed by atoms with Crippen LogP contribution in [0.3, 0.4) is 0 Å². The Bertz CT molecular complexity index is 1220. The van der Waals surface area contributed by atoms with Gasteiger partial charge in [-0.2, -0.15) is 4.98 Å². The molecule has 1 amide bonds. The van der Waals surface area contributed by atoms with Crippen LogP contribution >= 0.6 is 0 Å². The van der Waals surface area contributed by atoms with Crippen molar-refractivity contribution in [3.05, 3.63) is 78.0 Å². The van der Waals surface area contributed by atoms with Crippen molar-refractivity contribution in [1.29, 1.82) is 0 Å². The van der Waals surface area contributed by atoms with E-state index < -0.39 is 0 Å². The summed E-state index contributed by atoms with van der Waals surface area (Å²) < 4.78 is 20.1. The van der Waals surface area contributed by atoms with E-state index in [-0.39, 0.29) is 28.9 Å². The molecule has 1 atom stereocenters. The van der Waals surface area contributed by atoms with Crippen LogP contribution in [0.5, 0.6) is 0 Å². The highest BCUT2D eigenvalue weighted by Gasteiger charge is 2.21. The summed E-state index contributed by atoms with van der Waals surface area (Å²) in [6.45, 7) is 7.85. The first-order valence-corrected chi connectivity index (χ1v) is 10.1. The molecule has 1 N–H and O–H groups in total. The fourth-order valence-corrected chi connectivity index (χ4v) is 2.98. The van der Waals surface area contributed by atoms with Gasteiger partial charge in [-0.15, -0.1) is 0 Å². The van der Waals surface area contributed by atoms with Gasteiger partial charge in [0.25, 0.3) is 11.8 Å². The SMILES string of the molecule is CC(NC(=O)c1cn(-c2ccc(-c3nc(C(C)(C)C)no3)cn2)cn1)c1ccc(F)cc1. The fourth-order valence-electron chi connectivity index (χ4n) is 2.98. The Hall–Kier alpha value is -3.88. The number of nitrogens with one attached hydrogen (secondary N) is 1. The van der Waals surface area contributed by atoms with Crippen molar-refractivity contribution in [2.75, 3.05) is 0 Å². The smallest absolute Gasteiger partial charge is 0.271 e. The molecular weight excluding hydrogens is 411 g/mol. The molecule has 0 aliphatic heterocycles. The summed E-state index contributed by atoms with van der Waals surface area (Å²) in [5.74, 6) is 0.949. The molecule has 9 heteroatoms. The van der Waals surface area contributed by atoms with E-state index in [9.17, 15) is 9.18 Å². The van der Waals surface area contributed by atoms with Gasteiger partial charge in [-0.3, -0.25) is 9.36 Å². The molecule has 1 aromatic carbocycles. The Balaban J connectivity index is 1.45. The largest absolute Gasteiger partial charge is 0.344 e. The van der Waals surface area contributed by atoms with Crippen molar-refractivity contribution in [1.82, 2.24) is 30.0 Å². The first-order valence-electron chi connectivity index (χ1n) is 10.1. The second-order valence-corrected chi connectivity index (χ2v) is 8.49. The van der Waals surface area contributed by atoms with E-state index in [4.69, 9.17) is 4.52 Å². The lowest BCUT2D eigenvalue weighted by molar-refractivity contribution is 0.0935. The molecule has 164 valence electrons. The lowest BCUT2D eigenvalue weighted by Crippen LogP contribution is -2.26. The highest BCUT2D eigenvalue weighted by atomic mass is 19.1. The van der Waals surface area contributed by atoms with Crippen LogP contribution in [0.4, 0.5) is 4.39 Å². The molecule has 0 aliphatic rings. The van der Waals surface area contributed by atoms with Gasteiger partial charge in [-0.25, -0.2) is 14.4 Å². The van der Waals surface area contributed by atoms with Crippen LogP contribution in [0.1, 0.15) is 55.6 Å². The molecule has 0 bridgehead atoms. The molecule has 0 radical (unpaired) electrons. The molecule has 3 heterocycles. The minimum Gasteiger partial charge on any atom is -0.344 e. The first kappa shape index (κ1) is 21.4. The van der Waals surface area contributed by atoms with Crippen LogP contribution in [-0.4, -0.2) is 30.6 Å². The van der Waals surface area contributed by atoms with Crippen molar-refractivity contribution >= 4 is 5.91 Å². The van der Waals surface area contributed by atoms with E-state index in [1.54, 1.807) is 35.2 Å². The van der Waals surface area contributed by atoms with Gasteiger partial charge in [0.1, 0.15) is 23.7 Å². The van der Waals surface area contributed by atoms with Gasteiger partial charge in [0.05, 0.1) is 11.6 Å². The highest BCUT2D eigenvalue weighted by Crippen LogP contribution is 2.23. The number of halogens is 1. The summed E-state index contributed by atoms with van der Waals surface area (Å²) in [6.07, 6.45) is 4.74. The van der Waals surface area contributed by atoms with Gasteiger partial charge >= 0.3 is 0 Å². The summed E-state index contributed by atoms with van der Waals surface area (Å²) in [6, 6.07) is 9.30. The Morgan fingerprint density at radius 2 is 1.88 bits per heavy atom. The second-order valence-electron chi connectivity index (χ2n) is 8.49. The number of carbonyl (C=O) groups is 1. The van der Waals surface area contributed by atoms with Gasteiger partial charge in [-0.1, -0.05) is 38.1 Å². The number of amides is 1. The van der Waals surface area contributed by atoms with Crippen LogP contribution in [0.2, 0.25) is 0 Å². The number of benzene rings is 1. The maximum absolute atomic E-state index is 13.1. The molecule has 0 aliphatic carbocycles. The number of pyridine rings is 1. The van der Waals surface area contributed by atoms with E-state index in [0.29, 0.717) is 23.1 Å². The minimum atomic E-state index is -0.335. The molecule has 4 aromatic rings. The number of imidazole rings is 1. The highest BCUT2D eigenvalue weighted by molar-refractivity contribution is 5.92. The quantitative estimate of drug-likeness (QED) is 0.504. The molecule has 3 aromatic heterocycles. The predicted octanol–water partition coefficient (Wildman–Crippen LogP) is 4.24. The van der Waals surface area contributed by atoms with Crippen LogP contribution in [0.15, 0.2) is 59.6 Å². The van der Waals surface area contributed by atoms with Gasteiger partial charge in [0.2, 0.25) is 0 Å². The molecule has 1 unspecified atom stereocenters. The topological polar surface area (TPSA) is 98.7 Å². The molecular formula is C23H23FN6O2. The Morgan fingerprint density at radius 1 is 1.12 bits per heavy atom. The third-order valence-electron chi connectivity index (χ3n) is 4.89. The number of carbonyl (C=O) groups excluding carboxylic acids is 1. The third-order valence-corrected chi connectivity index (χ3v) is 4.89. The average Bonchev–Trinajstić information content (AvgIpc) is 3.44. The number of hydrogen-bond donors (Lipinski definition) is 1. The van der Waals surface area contributed by atoms with Gasteiger partial charge in [-0.05, 0) is 36.8 Å². The first-order chi connectivity index (χ1) is 15.2. The average molecular weight is 434 g/mol. The van der Waals surface area contributed by atoms with Gasteiger partial charge in [0, 0.05) is 17.8 Å². The van der Waals surface area contributed by atoms with E-state index in [1.807, 2.05) is 33.8 Å². The third kappa shape index (κ3) is 4.56. The molecule has 0 fully saturated rings. The zero-order chi connectivity index (χ0) is 22.9. The minimum absolute atomic E-state index is 0.211. The standard InChI is InChI=1S/C23H23FN6O2/c1-14(15-5-8-17(24)9-6-15)27-20(31)18-12-30(13-26-18)19-10-7-16(11-25-19)21-28-22(29-32-21)23(2,3)4/h5-14H,1-4H3,(H,27,31). The normalized spacial score (nSPS) is 12.5. The molecule has 8 nitrogen and oxygen atoms in total. The molecule has 32 heavy (non-hydrogen) atoms. The molecule has 0 saturated heterocycles. The predicted molar refractivity (Wildman–Crippen MR) is 116 cm³/mol. The summed E-state index contributed by atoms with van der Waals surface area (Å²) in [5, 5.41) is 6.88. The number of aromatic nitrogens is 5. The molecule has 0 spiro atoms. The fraction of sp³-hybridized carbons (Fsp3) is 0.261. The van der Waals surface area contributed by atoms with Crippen LogP contribution < -0.4 is 5.32 Å². The lowest BCUT2D eigenvalue weighted by atomic mass is 9.96. The monoisotopic (exact) mass is 434 g/mol. The van der Waals surface area contributed by atoms with Crippen LogP contribution in [0, 0.1) is 5.82 Å². The zero-order valence-corrected chi connectivity index (χ0v) is 18.2. The summed E-state index contributed by atoms with van der Waals surface area (Å²) in [4.78, 5) is 25.6. The maximum Gasteiger partial charge on any atom is 0.271 e. The Kier molecular flexibility index (Phi) is 5.56. The summed E-state index contributed by atoms with van der Waals surface area (Å²) in [7, 11) is 0. The van der Waals surface area contributed by atoms with E-state index in [2.05, 4.69) is 25.4 Å². The van der Waals surface area contributed by atoms with Crippen LogP contribution in [0.25, 0.3) is 17.3 Å². The lowest BCUT2D eigenvalue weighted by Gasteiger charge is -2.13. The van der Waals surface area contributed by atoms with Gasteiger partial charge in [0.15, 0.2) is 5.82 Å². The van der Waals surface area contributed by atoms with Crippen molar-refractivity contribution in [3.8, 4) is 17.3 Å². The van der Waals surface area contributed by atoms with E-state index >= 15 is 0 Å². The number of hydrogen-bond acceptors (Lipinski definition) is 6. The number of rotatable bonds is 5.